The van der Waals surface area contributed by atoms with Crippen molar-refractivity contribution in [3.8, 4) is 11.8 Å². The molecular weight excluding hydrogens is 254 g/mol. The molecule has 0 aromatic carbocycles. The fourth-order valence-corrected chi connectivity index (χ4v) is 1.68. The van der Waals surface area contributed by atoms with Gasteiger partial charge in [0.05, 0.1) is 11.1 Å². The third-order valence-electron chi connectivity index (χ3n) is 2.69. The van der Waals surface area contributed by atoms with Gasteiger partial charge >= 0.3 is 0 Å². The summed E-state index contributed by atoms with van der Waals surface area (Å²) in [5.74, 6) is 5.11. The number of rotatable bonds is 6. The number of aliphatic hydroxyl groups excluding tert-OH is 1. The predicted molar refractivity (Wildman–Crippen MR) is 78.3 cm³/mol. The Balaban J connectivity index is 2.51. The van der Waals surface area contributed by atoms with Crippen LogP contribution in [-0.4, -0.2) is 54.7 Å². The molecule has 20 heavy (non-hydrogen) atoms. The SMILES string of the molecule is CN(C)CCCCNC(=O)c1ccncc1C#CCO. The first kappa shape index (κ1) is 16.2. The van der Waals surface area contributed by atoms with Crippen LogP contribution in [-0.2, 0) is 0 Å². The zero-order valence-corrected chi connectivity index (χ0v) is 12.0. The molecule has 0 aliphatic rings. The van der Waals surface area contributed by atoms with Gasteiger partial charge in [0.15, 0.2) is 0 Å². The molecule has 1 rings (SSSR count). The van der Waals surface area contributed by atoms with Crippen molar-refractivity contribution in [2.75, 3.05) is 33.8 Å². The molecule has 1 amide bonds. The van der Waals surface area contributed by atoms with E-state index in [1.165, 1.54) is 6.20 Å². The van der Waals surface area contributed by atoms with E-state index in [1.54, 1.807) is 12.3 Å². The zero-order valence-electron chi connectivity index (χ0n) is 12.0. The average Bonchev–Trinajstić information content (AvgIpc) is 2.44. The summed E-state index contributed by atoms with van der Waals surface area (Å²) in [5.41, 5.74) is 1.03. The summed E-state index contributed by atoms with van der Waals surface area (Å²) in [4.78, 5) is 18.1. The highest BCUT2D eigenvalue weighted by atomic mass is 16.2. The maximum absolute atomic E-state index is 12.0. The van der Waals surface area contributed by atoms with Gasteiger partial charge in [-0.05, 0) is 39.5 Å². The minimum Gasteiger partial charge on any atom is -0.384 e. The predicted octanol–water partition coefficient (Wildman–Crippen LogP) is 0.497. The zero-order chi connectivity index (χ0) is 14.8. The van der Waals surface area contributed by atoms with Gasteiger partial charge in [0.2, 0.25) is 0 Å². The van der Waals surface area contributed by atoms with Gasteiger partial charge in [0.1, 0.15) is 6.61 Å². The van der Waals surface area contributed by atoms with Gasteiger partial charge in [0, 0.05) is 18.9 Å². The van der Waals surface area contributed by atoms with Crippen molar-refractivity contribution in [3.05, 3.63) is 29.6 Å². The Kier molecular flexibility index (Phi) is 7.33. The third kappa shape index (κ3) is 5.83. The Morgan fingerprint density at radius 1 is 1.45 bits per heavy atom. The molecule has 5 nitrogen and oxygen atoms in total. The molecule has 108 valence electrons. The number of aromatic nitrogens is 1. The van der Waals surface area contributed by atoms with E-state index in [9.17, 15) is 4.79 Å². The van der Waals surface area contributed by atoms with E-state index in [1.807, 2.05) is 14.1 Å². The van der Waals surface area contributed by atoms with Crippen LogP contribution in [0, 0.1) is 11.8 Å². The van der Waals surface area contributed by atoms with Gasteiger partial charge in [-0.1, -0.05) is 11.8 Å². The number of amides is 1. The molecule has 1 aromatic heterocycles. The summed E-state index contributed by atoms with van der Waals surface area (Å²) in [6.45, 7) is 1.42. The van der Waals surface area contributed by atoms with Gasteiger partial charge in [-0.15, -0.1) is 0 Å². The molecule has 0 radical (unpaired) electrons. The van der Waals surface area contributed by atoms with E-state index in [-0.39, 0.29) is 12.5 Å². The molecule has 0 saturated carbocycles. The van der Waals surface area contributed by atoms with Crippen LogP contribution in [0.3, 0.4) is 0 Å². The van der Waals surface area contributed by atoms with Crippen LogP contribution in [0.5, 0.6) is 0 Å². The number of hydrogen-bond donors (Lipinski definition) is 2. The number of nitrogens with one attached hydrogen (secondary N) is 1. The third-order valence-corrected chi connectivity index (χ3v) is 2.69. The topological polar surface area (TPSA) is 65.5 Å². The molecule has 0 unspecified atom stereocenters. The normalized spacial score (nSPS) is 10.0. The Bertz CT molecular complexity index is 489. The quantitative estimate of drug-likeness (QED) is 0.586. The van der Waals surface area contributed by atoms with Crippen molar-refractivity contribution in [1.29, 1.82) is 0 Å². The second-order valence-corrected chi connectivity index (χ2v) is 4.65. The van der Waals surface area contributed by atoms with Gasteiger partial charge in [-0.3, -0.25) is 9.78 Å². The smallest absolute Gasteiger partial charge is 0.252 e. The summed E-state index contributed by atoms with van der Waals surface area (Å²) in [6, 6.07) is 1.64. The van der Waals surface area contributed by atoms with Gasteiger partial charge in [0.25, 0.3) is 5.91 Å². The van der Waals surface area contributed by atoms with E-state index >= 15 is 0 Å². The van der Waals surface area contributed by atoms with Crippen LogP contribution in [0.1, 0.15) is 28.8 Å². The van der Waals surface area contributed by atoms with E-state index in [2.05, 4.69) is 27.0 Å². The summed E-state index contributed by atoms with van der Waals surface area (Å²) in [5, 5.41) is 11.6. The molecule has 0 spiro atoms. The first-order valence-electron chi connectivity index (χ1n) is 6.62. The number of nitrogens with zero attached hydrogens (tertiary/aromatic N) is 2. The Morgan fingerprint density at radius 3 is 2.95 bits per heavy atom. The van der Waals surface area contributed by atoms with Crippen LogP contribution < -0.4 is 5.32 Å². The Labute approximate surface area is 120 Å². The molecular formula is C15H21N3O2. The molecule has 0 saturated heterocycles. The number of unbranched alkanes of at least 4 members (excludes halogenated alkanes) is 1. The highest BCUT2D eigenvalue weighted by molar-refractivity contribution is 5.96. The van der Waals surface area contributed by atoms with Gasteiger partial charge in [-0.25, -0.2) is 0 Å². The lowest BCUT2D eigenvalue weighted by atomic mass is 10.1. The van der Waals surface area contributed by atoms with Gasteiger partial charge in [-0.2, -0.15) is 0 Å². The lowest BCUT2D eigenvalue weighted by Gasteiger charge is -2.10. The maximum atomic E-state index is 12.0. The second-order valence-electron chi connectivity index (χ2n) is 4.65. The van der Waals surface area contributed by atoms with E-state index in [4.69, 9.17) is 5.11 Å². The molecule has 0 fully saturated rings. The lowest BCUT2D eigenvalue weighted by molar-refractivity contribution is 0.0952. The van der Waals surface area contributed by atoms with Crippen LogP contribution in [0.2, 0.25) is 0 Å². The highest BCUT2D eigenvalue weighted by Crippen LogP contribution is 2.05. The van der Waals surface area contributed by atoms with Crippen LogP contribution in [0.15, 0.2) is 18.5 Å². The monoisotopic (exact) mass is 275 g/mol. The summed E-state index contributed by atoms with van der Waals surface area (Å²) in [7, 11) is 4.06. The van der Waals surface area contributed by atoms with E-state index < -0.39 is 0 Å². The molecule has 5 heteroatoms. The lowest BCUT2D eigenvalue weighted by Crippen LogP contribution is -2.26. The number of pyridine rings is 1. The number of aliphatic hydroxyl groups is 1. The molecule has 0 aliphatic heterocycles. The largest absolute Gasteiger partial charge is 0.384 e. The van der Waals surface area contributed by atoms with Gasteiger partial charge < -0.3 is 15.3 Å². The van der Waals surface area contributed by atoms with E-state index in [0.29, 0.717) is 17.7 Å². The summed E-state index contributed by atoms with van der Waals surface area (Å²) >= 11 is 0. The average molecular weight is 275 g/mol. The molecule has 0 bridgehead atoms. The Hall–Kier alpha value is -1.90. The molecule has 0 atom stereocenters. The minimum atomic E-state index is -0.236. The van der Waals surface area contributed by atoms with Crippen LogP contribution in [0.4, 0.5) is 0 Å². The van der Waals surface area contributed by atoms with Crippen molar-refractivity contribution in [2.24, 2.45) is 0 Å². The highest BCUT2D eigenvalue weighted by Gasteiger charge is 2.09. The summed E-state index contributed by atoms with van der Waals surface area (Å²) in [6.07, 6.45) is 5.07. The maximum Gasteiger partial charge on any atom is 0.252 e. The summed E-state index contributed by atoms with van der Waals surface area (Å²) < 4.78 is 0. The fourth-order valence-electron chi connectivity index (χ4n) is 1.68. The fraction of sp³-hybridized carbons (Fsp3) is 0.467. The first-order valence-corrected chi connectivity index (χ1v) is 6.62. The molecule has 1 aromatic rings. The molecule has 2 N–H and O–H groups in total. The number of hydrogen-bond acceptors (Lipinski definition) is 4. The molecule has 0 aliphatic carbocycles. The number of carbonyl (C=O) groups excluding carboxylic acids is 1. The van der Waals surface area contributed by atoms with Crippen LogP contribution >= 0.6 is 0 Å². The number of carbonyl (C=O) groups is 1. The van der Waals surface area contributed by atoms with E-state index in [0.717, 1.165) is 19.4 Å². The van der Waals surface area contributed by atoms with Crippen molar-refractivity contribution in [2.45, 2.75) is 12.8 Å². The standard InChI is InChI=1S/C15H21N3O2/c1-18(2)10-4-3-8-17-15(20)14-7-9-16-12-13(14)6-5-11-19/h7,9,12,19H,3-4,8,10-11H2,1-2H3,(H,17,20). The first-order chi connectivity index (χ1) is 9.65. The van der Waals surface area contributed by atoms with Crippen molar-refractivity contribution >= 4 is 5.91 Å². The Morgan fingerprint density at radius 2 is 2.25 bits per heavy atom. The molecule has 1 heterocycles. The minimum absolute atomic E-state index is 0.153. The van der Waals surface area contributed by atoms with Crippen molar-refractivity contribution in [1.82, 2.24) is 15.2 Å². The second kappa shape index (κ2) is 9.08. The van der Waals surface area contributed by atoms with Crippen LogP contribution in [0.25, 0.3) is 0 Å². The van der Waals surface area contributed by atoms with Crippen molar-refractivity contribution < 1.29 is 9.90 Å². The van der Waals surface area contributed by atoms with Crippen molar-refractivity contribution in [3.63, 3.8) is 0 Å².